The van der Waals surface area contributed by atoms with E-state index in [0.29, 0.717) is 0 Å². The van der Waals surface area contributed by atoms with Gasteiger partial charge in [-0.3, -0.25) is 0 Å². The molecule has 2 heterocycles. The largest absolute Gasteiger partial charge is 0.469 e. The summed E-state index contributed by atoms with van der Waals surface area (Å²) in [5.74, 6) is 0.900. The Bertz CT molecular complexity index is 464. The van der Waals surface area contributed by atoms with E-state index in [2.05, 4.69) is 22.4 Å². The fourth-order valence-corrected chi connectivity index (χ4v) is 2.48. The molecule has 0 saturated heterocycles. The number of furan rings is 1. The molecule has 17 heavy (non-hydrogen) atoms. The lowest BCUT2D eigenvalue weighted by atomic mass is 10.3. The zero-order valence-corrected chi connectivity index (χ0v) is 11.0. The molecule has 0 radical (unpaired) electrons. The van der Waals surface area contributed by atoms with Crippen LogP contribution < -0.4 is 5.32 Å². The third-order valence-electron chi connectivity index (χ3n) is 2.50. The van der Waals surface area contributed by atoms with Gasteiger partial charge in [0, 0.05) is 13.0 Å². The van der Waals surface area contributed by atoms with Gasteiger partial charge in [0.2, 0.25) is 0 Å². The minimum atomic E-state index is 0.900. The van der Waals surface area contributed by atoms with Crippen molar-refractivity contribution in [3.8, 4) is 10.6 Å². The van der Waals surface area contributed by atoms with Crippen LogP contribution in [0.4, 0.5) is 0 Å². The second kappa shape index (κ2) is 5.93. The van der Waals surface area contributed by atoms with Gasteiger partial charge in [-0.1, -0.05) is 18.3 Å². The van der Waals surface area contributed by atoms with E-state index in [4.69, 9.17) is 4.42 Å². The molecule has 2 aromatic rings. The van der Waals surface area contributed by atoms with Crippen molar-refractivity contribution in [3.63, 3.8) is 0 Å². The van der Waals surface area contributed by atoms with Crippen LogP contribution in [0, 0.1) is 6.92 Å². The van der Waals surface area contributed by atoms with Crippen molar-refractivity contribution in [1.82, 2.24) is 15.5 Å². The van der Waals surface area contributed by atoms with Crippen LogP contribution in [0.3, 0.4) is 0 Å². The summed E-state index contributed by atoms with van der Waals surface area (Å²) in [4.78, 5) is 0. The highest BCUT2D eigenvalue weighted by Crippen LogP contribution is 2.27. The summed E-state index contributed by atoms with van der Waals surface area (Å²) < 4.78 is 5.27. The van der Waals surface area contributed by atoms with Crippen molar-refractivity contribution in [2.45, 2.75) is 26.7 Å². The highest BCUT2D eigenvalue weighted by atomic mass is 32.1. The number of nitrogens with one attached hydrogen (secondary N) is 1. The topological polar surface area (TPSA) is 51.0 Å². The number of hydrogen-bond acceptors (Lipinski definition) is 5. The smallest absolute Gasteiger partial charge is 0.151 e. The third-order valence-corrected chi connectivity index (χ3v) is 3.51. The summed E-state index contributed by atoms with van der Waals surface area (Å²) in [6, 6.07) is 1.94. The van der Waals surface area contributed by atoms with E-state index in [1.165, 1.54) is 0 Å². The molecule has 0 bridgehead atoms. The van der Waals surface area contributed by atoms with Crippen LogP contribution in [0.5, 0.6) is 0 Å². The molecule has 0 aromatic carbocycles. The molecule has 0 aliphatic rings. The maximum absolute atomic E-state index is 5.27. The predicted octanol–water partition coefficient (Wildman–Crippen LogP) is 2.65. The highest BCUT2D eigenvalue weighted by Gasteiger charge is 2.10. The Morgan fingerprint density at radius 1 is 1.35 bits per heavy atom. The lowest BCUT2D eigenvalue weighted by Gasteiger charge is -1.98. The van der Waals surface area contributed by atoms with Gasteiger partial charge >= 0.3 is 0 Å². The lowest BCUT2D eigenvalue weighted by Crippen LogP contribution is -2.17. The van der Waals surface area contributed by atoms with Crippen LogP contribution in [0.2, 0.25) is 0 Å². The number of rotatable bonds is 6. The van der Waals surface area contributed by atoms with Crippen LogP contribution in [0.15, 0.2) is 16.7 Å². The first-order valence-corrected chi connectivity index (χ1v) is 6.70. The summed E-state index contributed by atoms with van der Waals surface area (Å²) in [5, 5.41) is 13.8. The second-order valence-corrected chi connectivity index (χ2v) is 4.95. The first-order valence-electron chi connectivity index (χ1n) is 5.89. The summed E-state index contributed by atoms with van der Waals surface area (Å²) in [7, 11) is 0. The molecule has 0 saturated carbocycles. The predicted molar refractivity (Wildman–Crippen MR) is 69.2 cm³/mol. The van der Waals surface area contributed by atoms with Crippen molar-refractivity contribution >= 4 is 11.3 Å². The summed E-state index contributed by atoms with van der Waals surface area (Å²) in [6.07, 6.45) is 3.79. The minimum Gasteiger partial charge on any atom is -0.469 e. The summed E-state index contributed by atoms with van der Waals surface area (Å²) in [6.45, 7) is 6.14. The molecule has 0 aliphatic heterocycles. The molecule has 4 nitrogen and oxygen atoms in total. The van der Waals surface area contributed by atoms with Crippen molar-refractivity contribution < 1.29 is 4.42 Å². The highest BCUT2D eigenvalue weighted by molar-refractivity contribution is 7.14. The molecule has 2 aromatic heterocycles. The molecule has 0 fully saturated rings. The van der Waals surface area contributed by atoms with Crippen molar-refractivity contribution in [2.75, 3.05) is 13.1 Å². The van der Waals surface area contributed by atoms with Gasteiger partial charge in [-0.2, -0.15) is 0 Å². The molecular formula is C12H17N3OS. The Balaban J connectivity index is 1.95. The molecular weight excluding hydrogens is 234 g/mol. The van der Waals surface area contributed by atoms with E-state index in [1.807, 2.05) is 13.0 Å². The van der Waals surface area contributed by atoms with Gasteiger partial charge in [0.25, 0.3) is 0 Å². The molecule has 0 spiro atoms. The average Bonchev–Trinajstić information content (AvgIpc) is 2.93. The third kappa shape index (κ3) is 3.14. The first-order chi connectivity index (χ1) is 8.31. The van der Waals surface area contributed by atoms with Crippen molar-refractivity contribution in [2.24, 2.45) is 0 Å². The lowest BCUT2D eigenvalue weighted by molar-refractivity contribution is 0.535. The molecule has 0 aliphatic carbocycles. The fourth-order valence-electron chi connectivity index (χ4n) is 1.57. The van der Waals surface area contributed by atoms with E-state index in [1.54, 1.807) is 17.6 Å². The Morgan fingerprint density at radius 3 is 2.94 bits per heavy atom. The number of nitrogens with zero attached hydrogens (tertiary/aromatic N) is 2. The monoisotopic (exact) mass is 251 g/mol. The van der Waals surface area contributed by atoms with Crippen LogP contribution in [0.1, 0.15) is 24.1 Å². The maximum Gasteiger partial charge on any atom is 0.151 e. The standard InChI is InChI=1S/C12H17N3OS/c1-3-6-13-7-4-11-14-15-12(17-11)10-5-8-16-9(10)2/h5,8,13H,3-4,6-7H2,1-2H3. The normalized spacial score (nSPS) is 10.9. The van der Waals surface area contributed by atoms with E-state index in [-0.39, 0.29) is 0 Å². The Labute approximate surface area is 105 Å². The molecule has 1 N–H and O–H groups in total. The first kappa shape index (κ1) is 12.3. The number of aromatic nitrogens is 2. The van der Waals surface area contributed by atoms with Gasteiger partial charge in [-0.05, 0) is 26.0 Å². The SMILES string of the molecule is CCCNCCc1nnc(-c2ccoc2C)s1. The van der Waals surface area contributed by atoms with Gasteiger partial charge in [-0.15, -0.1) is 10.2 Å². The summed E-state index contributed by atoms with van der Waals surface area (Å²) >= 11 is 1.64. The minimum absolute atomic E-state index is 0.900. The molecule has 92 valence electrons. The zero-order chi connectivity index (χ0) is 12.1. The average molecular weight is 251 g/mol. The van der Waals surface area contributed by atoms with Crippen LogP contribution in [-0.2, 0) is 6.42 Å². The maximum atomic E-state index is 5.27. The zero-order valence-electron chi connectivity index (χ0n) is 10.2. The molecule has 0 amide bonds. The number of hydrogen-bond donors (Lipinski definition) is 1. The van der Waals surface area contributed by atoms with Crippen LogP contribution >= 0.6 is 11.3 Å². The molecule has 0 unspecified atom stereocenters. The summed E-state index contributed by atoms with van der Waals surface area (Å²) in [5.41, 5.74) is 1.05. The van der Waals surface area contributed by atoms with Gasteiger partial charge < -0.3 is 9.73 Å². The van der Waals surface area contributed by atoms with Gasteiger partial charge in [0.1, 0.15) is 10.8 Å². The fraction of sp³-hybridized carbons (Fsp3) is 0.500. The Hall–Kier alpha value is -1.20. The van der Waals surface area contributed by atoms with Crippen molar-refractivity contribution in [1.29, 1.82) is 0 Å². The van der Waals surface area contributed by atoms with E-state index < -0.39 is 0 Å². The van der Waals surface area contributed by atoms with E-state index in [0.717, 1.165) is 47.3 Å². The van der Waals surface area contributed by atoms with Crippen LogP contribution in [0.25, 0.3) is 10.6 Å². The van der Waals surface area contributed by atoms with E-state index in [9.17, 15) is 0 Å². The molecule has 0 atom stereocenters. The Morgan fingerprint density at radius 2 is 2.24 bits per heavy atom. The Kier molecular flexibility index (Phi) is 4.28. The number of aryl methyl sites for hydroxylation is 1. The van der Waals surface area contributed by atoms with Gasteiger partial charge in [-0.25, -0.2) is 0 Å². The second-order valence-electron chi connectivity index (χ2n) is 3.89. The quantitative estimate of drug-likeness (QED) is 0.802. The van der Waals surface area contributed by atoms with Crippen molar-refractivity contribution in [3.05, 3.63) is 23.1 Å². The molecule has 5 heteroatoms. The van der Waals surface area contributed by atoms with E-state index >= 15 is 0 Å². The van der Waals surface area contributed by atoms with Gasteiger partial charge in [0.15, 0.2) is 5.01 Å². The van der Waals surface area contributed by atoms with Gasteiger partial charge in [0.05, 0.1) is 11.8 Å². The molecule has 2 rings (SSSR count). The van der Waals surface area contributed by atoms with Crippen LogP contribution in [-0.4, -0.2) is 23.3 Å².